The van der Waals surface area contributed by atoms with Crippen LogP contribution >= 0.6 is 11.8 Å². The van der Waals surface area contributed by atoms with Gasteiger partial charge in [-0.15, -0.1) is 0 Å². The van der Waals surface area contributed by atoms with Gasteiger partial charge in [-0.2, -0.15) is 0 Å². The van der Waals surface area contributed by atoms with Gasteiger partial charge in [0.2, 0.25) is 5.91 Å². The van der Waals surface area contributed by atoms with Gasteiger partial charge in [0.1, 0.15) is 0 Å². The number of para-hydroxylation sites is 2. The number of anilines is 1. The zero-order valence-corrected chi connectivity index (χ0v) is 20.8. The third kappa shape index (κ3) is 4.22. The molecule has 0 saturated carbocycles. The maximum absolute atomic E-state index is 13.3. The summed E-state index contributed by atoms with van der Waals surface area (Å²) < 4.78 is 4.95. The molecule has 3 aromatic carbocycles. The average Bonchev–Trinajstić information content (AvgIpc) is 3.17. The summed E-state index contributed by atoms with van der Waals surface area (Å²) in [6.45, 7) is 4.97. The van der Waals surface area contributed by atoms with Crippen molar-refractivity contribution >= 4 is 45.3 Å². The van der Waals surface area contributed by atoms with Crippen LogP contribution in [0.1, 0.15) is 13.8 Å². The molecule has 0 aliphatic rings. The van der Waals surface area contributed by atoms with Crippen molar-refractivity contribution in [2.45, 2.75) is 32.1 Å². The van der Waals surface area contributed by atoms with Crippen LogP contribution in [0.4, 0.5) is 5.69 Å². The second-order valence-electron chi connectivity index (χ2n) is 8.20. The van der Waals surface area contributed by atoms with E-state index in [0.29, 0.717) is 40.5 Å². The molecule has 2 heterocycles. The van der Waals surface area contributed by atoms with E-state index >= 15 is 0 Å². The minimum atomic E-state index is -0.235. The maximum Gasteiger partial charge on any atom is 0.329 e. The minimum Gasteiger partial charge on any atom is -0.325 e. The van der Waals surface area contributed by atoms with Gasteiger partial charge in [-0.25, -0.2) is 9.78 Å². The summed E-state index contributed by atoms with van der Waals surface area (Å²) >= 11 is 1.20. The summed E-state index contributed by atoms with van der Waals surface area (Å²) in [5.74, 6) is -0.173. The van der Waals surface area contributed by atoms with E-state index in [1.165, 1.54) is 11.8 Å². The molecule has 5 aromatic rings. The molecule has 0 aliphatic heterocycles. The van der Waals surface area contributed by atoms with Crippen LogP contribution in [0.25, 0.3) is 27.6 Å². The van der Waals surface area contributed by atoms with E-state index in [9.17, 15) is 14.4 Å². The summed E-state index contributed by atoms with van der Waals surface area (Å²) in [5, 5.41) is 3.87. The van der Waals surface area contributed by atoms with Gasteiger partial charge in [0.15, 0.2) is 5.16 Å². The molecule has 182 valence electrons. The highest BCUT2D eigenvalue weighted by molar-refractivity contribution is 7.99. The van der Waals surface area contributed by atoms with Crippen LogP contribution < -0.4 is 16.6 Å². The second kappa shape index (κ2) is 9.87. The first-order chi connectivity index (χ1) is 17.5. The molecule has 9 heteroatoms. The Labute approximate surface area is 211 Å². The van der Waals surface area contributed by atoms with Gasteiger partial charge in [0.25, 0.3) is 5.56 Å². The molecule has 2 aromatic heterocycles. The van der Waals surface area contributed by atoms with Crippen molar-refractivity contribution in [1.29, 1.82) is 0 Å². The molecule has 0 radical (unpaired) electrons. The van der Waals surface area contributed by atoms with Crippen molar-refractivity contribution in [2.24, 2.45) is 0 Å². The first-order valence-corrected chi connectivity index (χ1v) is 12.7. The average molecular weight is 500 g/mol. The van der Waals surface area contributed by atoms with E-state index in [2.05, 4.69) is 10.3 Å². The second-order valence-corrected chi connectivity index (χ2v) is 9.14. The summed E-state index contributed by atoms with van der Waals surface area (Å²) in [7, 11) is 0. The fraction of sp³-hybridized carbons (Fsp3) is 0.185. The normalized spacial score (nSPS) is 11.3. The van der Waals surface area contributed by atoms with Crippen LogP contribution in [0.2, 0.25) is 0 Å². The Kier molecular flexibility index (Phi) is 6.47. The van der Waals surface area contributed by atoms with Crippen LogP contribution in [-0.4, -0.2) is 30.3 Å². The Balaban J connectivity index is 1.43. The fourth-order valence-corrected chi connectivity index (χ4v) is 5.16. The smallest absolute Gasteiger partial charge is 0.325 e. The molecular formula is C27H25N5O3S. The number of benzene rings is 3. The highest BCUT2D eigenvalue weighted by Crippen LogP contribution is 2.23. The summed E-state index contributed by atoms with van der Waals surface area (Å²) in [6, 6.07) is 21.9. The number of nitrogens with zero attached hydrogens (tertiary/aromatic N) is 4. The molecule has 0 aliphatic carbocycles. The molecule has 0 spiro atoms. The number of nitrogens with one attached hydrogen (secondary N) is 1. The van der Waals surface area contributed by atoms with Gasteiger partial charge in [-0.1, -0.05) is 42.1 Å². The standard InChI is InChI=1S/C27H25N5O3S/c1-3-30-22-15-14-18(16-23(22)31(4-2)27(30)35)28-24(33)17-36-26-29-21-13-9-8-12-20(21)25(34)32(26)19-10-6-5-7-11-19/h5-16H,3-4,17H2,1-2H3,(H,28,33). The number of fused-ring (bicyclic) bond motifs is 2. The van der Waals surface area contributed by atoms with Gasteiger partial charge in [-0.3, -0.25) is 23.3 Å². The number of carbonyl (C=O) groups excluding carboxylic acids is 1. The monoisotopic (exact) mass is 499 g/mol. The van der Waals surface area contributed by atoms with Crippen LogP contribution in [-0.2, 0) is 17.9 Å². The van der Waals surface area contributed by atoms with E-state index in [0.717, 1.165) is 11.0 Å². The van der Waals surface area contributed by atoms with Crippen LogP contribution in [0, 0.1) is 0 Å². The number of rotatable bonds is 7. The number of hydrogen-bond acceptors (Lipinski definition) is 5. The SMILES string of the molecule is CCn1c(=O)n(CC)c2cc(NC(=O)CSc3nc4ccccc4c(=O)n3-c3ccccc3)ccc21. The number of hydrogen-bond donors (Lipinski definition) is 1. The summed E-state index contributed by atoms with van der Waals surface area (Å²) in [6.07, 6.45) is 0. The van der Waals surface area contributed by atoms with Crippen molar-refractivity contribution in [3.8, 4) is 5.69 Å². The molecule has 0 unspecified atom stereocenters. The number of amides is 1. The number of aromatic nitrogens is 4. The largest absolute Gasteiger partial charge is 0.329 e. The Morgan fingerprint density at radius 2 is 1.58 bits per heavy atom. The predicted octanol–water partition coefficient (Wildman–Crippen LogP) is 4.27. The molecule has 0 bridgehead atoms. The molecule has 8 nitrogen and oxygen atoms in total. The Hall–Kier alpha value is -4.11. The third-order valence-corrected chi connectivity index (χ3v) is 6.97. The van der Waals surface area contributed by atoms with Crippen LogP contribution in [0.3, 0.4) is 0 Å². The molecule has 5 rings (SSSR count). The van der Waals surface area contributed by atoms with Crippen molar-refractivity contribution in [3.63, 3.8) is 0 Å². The van der Waals surface area contributed by atoms with Gasteiger partial charge in [-0.05, 0) is 56.3 Å². The van der Waals surface area contributed by atoms with E-state index in [-0.39, 0.29) is 22.9 Å². The zero-order valence-electron chi connectivity index (χ0n) is 20.0. The Morgan fingerprint density at radius 1 is 0.889 bits per heavy atom. The lowest BCUT2D eigenvalue weighted by atomic mass is 10.2. The number of aryl methyl sites for hydroxylation is 2. The van der Waals surface area contributed by atoms with Gasteiger partial charge >= 0.3 is 5.69 Å². The number of carbonyl (C=O) groups is 1. The molecule has 1 amide bonds. The minimum absolute atomic E-state index is 0.0599. The quantitative estimate of drug-likeness (QED) is 0.267. The lowest BCUT2D eigenvalue weighted by Gasteiger charge is -2.13. The molecule has 36 heavy (non-hydrogen) atoms. The van der Waals surface area contributed by atoms with Gasteiger partial charge in [0, 0.05) is 18.8 Å². The first kappa shape index (κ1) is 23.6. The summed E-state index contributed by atoms with van der Waals surface area (Å²) in [4.78, 5) is 43.5. The first-order valence-electron chi connectivity index (χ1n) is 11.7. The lowest BCUT2D eigenvalue weighted by Crippen LogP contribution is -2.23. The number of imidazole rings is 1. The molecule has 0 atom stereocenters. The van der Waals surface area contributed by atoms with E-state index in [1.54, 1.807) is 31.9 Å². The van der Waals surface area contributed by atoms with Crippen molar-refractivity contribution in [1.82, 2.24) is 18.7 Å². The van der Waals surface area contributed by atoms with Gasteiger partial charge < -0.3 is 5.32 Å². The topological polar surface area (TPSA) is 90.9 Å². The van der Waals surface area contributed by atoms with E-state index in [1.807, 2.05) is 68.4 Å². The highest BCUT2D eigenvalue weighted by Gasteiger charge is 2.16. The zero-order chi connectivity index (χ0) is 25.2. The highest BCUT2D eigenvalue weighted by atomic mass is 32.2. The van der Waals surface area contributed by atoms with Gasteiger partial charge in [0.05, 0.1) is 33.4 Å². The number of thioether (sulfide) groups is 1. The summed E-state index contributed by atoms with van der Waals surface area (Å²) in [5.41, 5.74) is 3.25. The molecular weight excluding hydrogens is 474 g/mol. The van der Waals surface area contributed by atoms with Crippen LogP contribution in [0.5, 0.6) is 0 Å². The van der Waals surface area contributed by atoms with Crippen molar-refractivity contribution < 1.29 is 4.79 Å². The Bertz CT molecular complexity index is 1700. The van der Waals surface area contributed by atoms with E-state index < -0.39 is 0 Å². The maximum atomic E-state index is 13.3. The third-order valence-electron chi connectivity index (χ3n) is 6.03. The van der Waals surface area contributed by atoms with E-state index in [4.69, 9.17) is 0 Å². The molecule has 0 fully saturated rings. The Morgan fingerprint density at radius 3 is 2.33 bits per heavy atom. The molecule has 1 N–H and O–H groups in total. The molecule has 0 saturated heterocycles. The fourth-order valence-electron chi connectivity index (χ4n) is 4.35. The van der Waals surface area contributed by atoms with Crippen molar-refractivity contribution in [3.05, 3.63) is 93.6 Å². The lowest BCUT2D eigenvalue weighted by molar-refractivity contribution is -0.113. The predicted molar refractivity (Wildman–Crippen MR) is 144 cm³/mol. The van der Waals surface area contributed by atoms with Crippen molar-refractivity contribution in [2.75, 3.05) is 11.1 Å². The van der Waals surface area contributed by atoms with Crippen LogP contribution in [0.15, 0.2) is 87.5 Å².